The van der Waals surface area contributed by atoms with Gasteiger partial charge in [-0.25, -0.2) is 9.48 Å². The van der Waals surface area contributed by atoms with E-state index in [1.807, 2.05) is 24.1 Å². The lowest BCUT2D eigenvalue weighted by atomic mass is 10.1. The van der Waals surface area contributed by atoms with Crippen LogP contribution in [0.3, 0.4) is 0 Å². The number of hydrogen-bond donors (Lipinski definition) is 0. The van der Waals surface area contributed by atoms with E-state index in [9.17, 15) is 28.0 Å². The van der Waals surface area contributed by atoms with Crippen LogP contribution < -0.4 is 11.2 Å². The molecule has 1 aliphatic heterocycles. The fraction of sp³-hybridized carbons (Fsp3) is 0.250. The minimum Gasteiger partial charge on any atom is -0.304 e. The van der Waals surface area contributed by atoms with Crippen molar-refractivity contribution in [3.63, 3.8) is 0 Å². The number of rotatable bonds is 4. The van der Waals surface area contributed by atoms with Gasteiger partial charge in [0, 0.05) is 12.2 Å². The fourth-order valence-electron chi connectivity index (χ4n) is 5.11. The standard InChI is InChI=1S/C28H22F3N7O2/c1-17-24(25-19(14-33)15-34-38(25)21-8-6-18(13-32)7-9-21)26(39)37(23-10-11-35(2)16-23)27(40)36(17)22-5-3-4-20(12-22)28(29,30)31/h3-9,12,15,23H,10-11,16H2,1-2H3/t23-/m1/s1. The molecule has 12 heteroatoms. The first kappa shape index (κ1) is 26.7. The van der Waals surface area contributed by atoms with Crippen LogP contribution in [0.2, 0.25) is 0 Å². The SMILES string of the molecule is Cc1c(-c2c(C#N)cnn2-c2ccc(C#N)cc2)c(=O)n([C@@H]2CCN(C)C2)c(=O)n1-c1cccc(C(F)(F)F)c1. The number of aromatic nitrogens is 4. The summed E-state index contributed by atoms with van der Waals surface area (Å²) in [6.07, 6.45) is -2.89. The Balaban J connectivity index is 1.86. The van der Waals surface area contributed by atoms with Gasteiger partial charge < -0.3 is 4.90 Å². The van der Waals surface area contributed by atoms with Crippen molar-refractivity contribution in [2.24, 2.45) is 0 Å². The largest absolute Gasteiger partial charge is 0.416 e. The molecule has 3 heterocycles. The maximum atomic E-state index is 14.1. The summed E-state index contributed by atoms with van der Waals surface area (Å²) in [6.45, 7) is 2.47. The van der Waals surface area contributed by atoms with Crippen molar-refractivity contribution in [3.05, 3.63) is 98.0 Å². The number of alkyl halides is 3. The molecule has 1 aliphatic rings. The molecule has 0 N–H and O–H groups in total. The molecule has 0 saturated carbocycles. The van der Waals surface area contributed by atoms with E-state index < -0.39 is 29.0 Å². The molecule has 5 rings (SSSR count). The van der Waals surface area contributed by atoms with Gasteiger partial charge in [0.25, 0.3) is 5.56 Å². The third kappa shape index (κ3) is 4.48. The van der Waals surface area contributed by atoms with Gasteiger partial charge >= 0.3 is 11.9 Å². The van der Waals surface area contributed by atoms with Crippen molar-refractivity contribution >= 4 is 0 Å². The van der Waals surface area contributed by atoms with E-state index in [0.717, 1.165) is 21.3 Å². The number of hydrogen-bond acceptors (Lipinski definition) is 6. The lowest BCUT2D eigenvalue weighted by molar-refractivity contribution is -0.137. The van der Waals surface area contributed by atoms with Crippen LogP contribution in [0.1, 0.15) is 34.8 Å². The Morgan fingerprint density at radius 1 is 1.02 bits per heavy atom. The lowest BCUT2D eigenvalue weighted by Crippen LogP contribution is -2.44. The van der Waals surface area contributed by atoms with E-state index >= 15 is 0 Å². The Morgan fingerprint density at radius 3 is 2.35 bits per heavy atom. The molecule has 202 valence electrons. The van der Waals surface area contributed by atoms with Gasteiger partial charge in [-0.1, -0.05) is 6.07 Å². The van der Waals surface area contributed by atoms with E-state index in [1.165, 1.54) is 29.9 Å². The molecule has 0 amide bonds. The molecule has 2 aromatic carbocycles. The molecule has 0 spiro atoms. The predicted molar refractivity (Wildman–Crippen MR) is 139 cm³/mol. The number of nitrogens with zero attached hydrogens (tertiary/aromatic N) is 7. The number of halogens is 3. The van der Waals surface area contributed by atoms with E-state index in [-0.39, 0.29) is 28.2 Å². The normalized spacial score (nSPS) is 15.6. The molecule has 4 aromatic rings. The van der Waals surface area contributed by atoms with Gasteiger partial charge in [0.15, 0.2) is 0 Å². The Bertz CT molecular complexity index is 1820. The van der Waals surface area contributed by atoms with Crippen molar-refractivity contribution in [2.75, 3.05) is 20.1 Å². The van der Waals surface area contributed by atoms with Gasteiger partial charge in [-0.15, -0.1) is 0 Å². The van der Waals surface area contributed by atoms with E-state index in [1.54, 1.807) is 24.3 Å². The summed E-state index contributed by atoms with van der Waals surface area (Å²) < 4.78 is 44.3. The molecule has 2 aromatic heterocycles. The van der Waals surface area contributed by atoms with Crippen LogP contribution in [0.15, 0.2) is 64.3 Å². The third-order valence-corrected chi connectivity index (χ3v) is 7.06. The van der Waals surface area contributed by atoms with Crippen LogP contribution in [0, 0.1) is 29.6 Å². The second kappa shape index (κ2) is 9.98. The Kier molecular flexibility index (Phi) is 6.65. The molecule has 1 atom stereocenters. The molecule has 0 aliphatic carbocycles. The zero-order chi connectivity index (χ0) is 28.8. The minimum atomic E-state index is -4.65. The van der Waals surface area contributed by atoms with Crippen LogP contribution >= 0.6 is 0 Å². The van der Waals surface area contributed by atoms with Gasteiger partial charge in [-0.3, -0.25) is 13.9 Å². The van der Waals surface area contributed by atoms with Crippen LogP contribution in [0.5, 0.6) is 0 Å². The molecule has 0 unspecified atom stereocenters. The van der Waals surface area contributed by atoms with E-state index in [0.29, 0.717) is 30.8 Å². The summed E-state index contributed by atoms with van der Waals surface area (Å²) in [6, 6.07) is 14.1. The maximum Gasteiger partial charge on any atom is 0.416 e. The van der Waals surface area contributed by atoms with Crippen LogP contribution in [0.4, 0.5) is 13.2 Å². The van der Waals surface area contributed by atoms with Gasteiger partial charge in [-0.05, 0) is 69.4 Å². The fourth-order valence-corrected chi connectivity index (χ4v) is 5.11. The highest BCUT2D eigenvalue weighted by molar-refractivity contribution is 5.71. The first-order chi connectivity index (χ1) is 19.0. The summed E-state index contributed by atoms with van der Waals surface area (Å²) in [5.74, 6) is 0. The minimum absolute atomic E-state index is 0.0360. The lowest BCUT2D eigenvalue weighted by Gasteiger charge is -2.22. The molecule has 9 nitrogen and oxygen atoms in total. The van der Waals surface area contributed by atoms with Crippen molar-refractivity contribution in [1.82, 2.24) is 23.8 Å². The second-order valence-corrected chi connectivity index (χ2v) is 9.60. The average molecular weight is 546 g/mol. The molecule has 0 radical (unpaired) electrons. The molecule has 40 heavy (non-hydrogen) atoms. The Hall–Kier alpha value is -4.94. The predicted octanol–water partition coefficient (Wildman–Crippen LogP) is 3.80. The molecule has 0 bridgehead atoms. The number of nitriles is 2. The maximum absolute atomic E-state index is 14.1. The van der Waals surface area contributed by atoms with Gasteiger partial charge in [-0.2, -0.15) is 28.8 Å². The highest BCUT2D eigenvalue weighted by Crippen LogP contribution is 2.32. The summed E-state index contributed by atoms with van der Waals surface area (Å²) in [5, 5.41) is 23.4. The van der Waals surface area contributed by atoms with E-state index in [2.05, 4.69) is 5.10 Å². The quantitative estimate of drug-likeness (QED) is 0.386. The zero-order valence-corrected chi connectivity index (χ0v) is 21.5. The van der Waals surface area contributed by atoms with E-state index in [4.69, 9.17) is 5.26 Å². The van der Waals surface area contributed by atoms with Gasteiger partial charge in [0.1, 0.15) is 6.07 Å². The third-order valence-electron chi connectivity index (χ3n) is 7.06. The Labute approximate surface area is 226 Å². The van der Waals surface area contributed by atoms with Gasteiger partial charge in [0.2, 0.25) is 0 Å². The average Bonchev–Trinajstić information content (AvgIpc) is 3.54. The van der Waals surface area contributed by atoms with Crippen molar-refractivity contribution in [1.29, 1.82) is 10.5 Å². The van der Waals surface area contributed by atoms with Gasteiger partial charge in [0.05, 0.1) is 57.6 Å². The molecular formula is C28H22F3N7O2. The van der Waals surface area contributed by atoms with Crippen molar-refractivity contribution in [2.45, 2.75) is 25.6 Å². The highest BCUT2D eigenvalue weighted by Gasteiger charge is 2.33. The molecule has 1 fully saturated rings. The second-order valence-electron chi connectivity index (χ2n) is 9.60. The first-order valence-electron chi connectivity index (χ1n) is 12.3. The number of likely N-dealkylation sites (tertiary alicyclic amines) is 1. The molecule has 1 saturated heterocycles. The summed E-state index contributed by atoms with van der Waals surface area (Å²) in [4.78, 5) is 29.9. The highest BCUT2D eigenvalue weighted by atomic mass is 19.4. The monoisotopic (exact) mass is 545 g/mol. The van der Waals surface area contributed by atoms with Crippen LogP contribution in [-0.4, -0.2) is 44.0 Å². The van der Waals surface area contributed by atoms with Crippen molar-refractivity contribution in [3.8, 4) is 34.8 Å². The summed E-state index contributed by atoms with van der Waals surface area (Å²) in [5.41, 5.74) is -1.47. The van der Waals surface area contributed by atoms with Crippen molar-refractivity contribution < 1.29 is 13.2 Å². The molecular weight excluding hydrogens is 523 g/mol. The number of likely N-dealkylation sites (N-methyl/N-ethyl adjacent to an activating group) is 1. The summed E-state index contributed by atoms with van der Waals surface area (Å²) in [7, 11) is 1.85. The Morgan fingerprint density at radius 2 is 1.75 bits per heavy atom. The van der Waals surface area contributed by atoms with Crippen LogP contribution in [0.25, 0.3) is 22.6 Å². The summed E-state index contributed by atoms with van der Waals surface area (Å²) >= 11 is 0. The topological polar surface area (TPSA) is 113 Å². The first-order valence-corrected chi connectivity index (χ1v) is 12.3. The zero-order valence-electron chi connectivity index (χ0n) is 21.5. The smallest absolute Gasteiger partial charge is 0.304 e. The number of benzene rings is 2. The van der Waals surface area contributed by atoms with Crippen LogP contribution in [-0.2, 0) is 6.18 Å².